The van der Waals surface area contributed by atoms with Crippen LogP contribution in [-0.4, -0.2) is 60.7 Å². The Morgan fingerprint density at radius 3 is 2.81 bits per heavy atom. The van der Waals surface area contributed by atoms with E-state index in [1.807, 2.05) is 18.2 Å². The third kappa shape index (κ3) is 4.95. The van der Waals surface area contributed by atoms with E-state index in [1.165, 1.54) is 0 Å². The lowest BCUT2D eigenvalue weighted by Gasteiger charge is -2.30. The predicted octanol–water partition coefficient (Wildman–Crippen LogP) is 2.93. The molecule has 0 atom stereocenters. The van der Waals surface area contributed by atoms with Crippen molar-refractivity contribution >= 4 is 23.2 Å². The first kappa shape index (κ1) is 19.1. The summed E-state index contributed by atoms with van der Waals surface area (Å²) in [4.78, 5) is 25.3. The monoisotopic (exact) mass is 369 g/mol. The lowest BCUT2D eigenvalue weighted by atomic mass is 10.2. The third-order valence-corrected chi connectivity index (χ3v) is 4.57. The first-order valence-corrected chi connectivity index (χ1v) is 9.46. The summed E-state index contributed by atoms with van der Waals surface area (Å²) in [6.45, 7) is 5.97. The molecule has 7 nitrogen and oxygen atoms in total. The molecule has 3 rings (SSSR count). The fourth-order valence-corrected chi connectivity index (χ4v) is 3.01. The van der Waals surface area contributed by atoms with Gasteiger partial charge in [-0.3, -0.25) is 4.79 Å². The van der Waals surface area contributed by atoms with E-state index in [0.29, 0.717) is 11.6 Å². The highest BCUT2D eigenvalue weighted by Gasteiger charge is 2.17. The number of carbonyl (C=O) groups excluding carboxylic acids is 1. The van der Waals surface area contributed by atoms with Crippen LogP contribution in [0.2, 0.25) is 0 Å². The van der Waals surface area contributed by atoms with Crippen molar-refractivity contribution in [2.24, 2.45) is 0 Å². The zero-order valence-corrected chi connectivity index (χ0v) is 16.0. The smallest absolute Gasteiger partial charge is 0.272 e. The molecule has 0 radical (unpaired) electrons. The third-order valence-electron chi connectivity index (χ3n) is 4.57. The Labute approximate surface area is 160 Å². The number of anilines is 3. The van der Waals surface area contributed by atoms with Gasteiger partial charge in [0.1, 0.15) is 5.69 Å². The van der Waals surface area contributed by atoms with Gasteiger partial charge in [0.2, 0.25) is 5.95 Å². The van der Waals surface area contributed by atoms with Crippen molar-refractivity contribution in [1.82, 2.24) is 14.9 Å². The summed E-state index contributed by atoms with van der Waals surface area (Å²) in [6, 6.07) is 9.71. The van der Waals surface area contributed by atoms with Crippen molar-refractivity contribution in [1.29, 1.82) is 0 Å². The molecule has 1 aromatic carbocycles. The van der Waals surface area contributed by atoms with Gasteiger partial charge in [-0.25, -0.2) is 9.97 Å². The number of rotatable bonds is 7. The van der Waals surface area contributed by atoms with Gasteiger partial charge in [-0.1, -0.05) is 25.5 Å². The van der Waals surface area contributed by atoms with Crippen LogP contribution in [0.1, 0.15) is 30.3 Å². The summed E-state index contributed by atoms with van der Waals surface area (Å²) in [5, 5.41) is 3.27. The average Bonchev–Trinajstić information content (AvgIpc) is 2.72. The SMILES string of the molecule is CCCCN(C)C(=O)c1ccnc(Nc2ccccc2N2CCOCC2)n1. The van der Waals surface area contributed by atoms with Gasteiger partial charge in [-0.15, -0.1) is 0 Å². The number of hydrogen-bond acceptors (Lipinski definition) is 6. The second-order valence-electron chi connectivity index (χ2n) is 6.59. The molecule has 0 spiro atoms. The fraction of sp³-hybridized carbons (Fsp3) is 0.450. The van der Waals surface area contributed by atoms with Gasteiger partial charge in [-0.2, -0.15) is 0 Å². The highest BCUT2D eigenvalue weighted by Crippen LogP contribution is 2.28. The van der Waals surface area contributed by atoms with Crippen LogP contribution in [0.3, 0.4) is 0 Å². The number of ether oxygens (including phenoxy) is 1. The Bertz CT molecular complexity index is 762. The van der Waals surface area contributed by atoms with Gasteiger partial charge in [-0.05, 0) is 24.6 Å². The zero-order chi connectivity index (χ0) is 19.1. The molecule has 1 N–H and O–H groups in total. The van der Waals surface area contributed by atoms with Crippen LogP contribution in [0.15, 0.2) is 36.5 Å². The summed E-state index contributed by atoms with van der Waals surface area (Å²) < 4.78 is 5.44. The van der Waals surface area contributed by atoms with Gasteiger partial charge >= 0.3 is 0 Å². The zero-order valence-electron chi connectivity index (χ0n) is 16.0. The second-order valence-corrected chi connectivity index (χ2v) is 6.59. The minimum Gasteiger partial charge on any atom is -0.378 e. The summed E-state index contributed by atoms with van der Waals surface area (Å²) in [6.07, 6.45) is 3.64. The maximum absolute atomic E-state index is 12.6. The maximum Gasteiger partial charge on any atom is 0.272 e. The quantitative estimate of drug-likeness (QED) is 0.809. The number of nitrogens with one attached hydrogen (secondary N) is 1. The highest BCUT2D eigenvalue weighted by atomic mass is 16.5. The van der Waals surface area contributed by atoms with Gasteiger partial charge in [0.25, 0.3) is 5.91 Å². The van der Waals surface area contributed by atoms with E-state index in [1.54, 1.807) is 24.2 Å². The van der Waals surface area contributed by atoms with Crippen molar-refractivity contribution in [3.63, 3.8) is 0 Å². The number of hydrogen-bond donors (Lipinski definition) is 1. The molecular formula is C20H27N5O2. The first-order chi connectivity index (χ1) is 13.2. The molecule has 1 fully saturated rings. The van der Waals surface area contributed by atoms with E-state index >= 15 is 0 Å². The van der Waals surface area contributed by atoms with Crippen molar-refractivity contribution in [3.05, 3.63) is 42.2 Å². The lowest BCUT2D eigenvalue weighted by molar-refractivity contribution is 0.0787. The number of para-hydroxylation sites is 2. The molecule has 1 amide bonds. The van der Waals surface area contributed by atoms with Gasteiger partial charge in [0.05, 0.1) is 24.6 Å². The molecule has 1 aromatic heterocycles. The van der Waals surface area contributed by atoms with E-state index in [0.717, 1.165) is 57.1 Å². The van der Waals surface area contributed by atoms with Crippen LogP contribution < -0.4 is 10.2 Å². The molecule has 1 aliphatic heterocycles. The lowest BCUT2D eigenvalue weighted by Crippen LogP contribution is -2.36. The Morgan fingerprint density at radius 1 is 1.26 bits per heavy atom. The van der Waals surface area contributed by atoms with Crippen LogP contribution in [0.5, 0.6) is 0 Å². The van der Waals surface area contributed by atoms with Gasteiger partial charge < -0.3 is 19.9 Å². The van der Waals surface area contributed by atoms with Crippen molar-refractivity contribution in [2.45, 2.75) is 19.8 Å². The molecule has 7 heteroatoms. The number of unbranched alkanes of at least 4 members (excludes halogenated alkanes) is 1. The van der Waals surface area contributed by atoms with Gasteiger partial charge in [0, 0.05) is 32.9 Å². The minimum absolute atomic E-state index is 0.0876. The molecule has 27 heavy (non-hydrogen) atoms. The van der Waals surface area contributed by atoms with Crippen LogP contribution in [0.4, 0.5) is 17.3 Å². The van der Waals surface area contributed by atoms with Crippen LogP contribution in [-0.2, 0) is 4.74 Å². The molecular weight excluding hydrogens is 342 g/mol. The van der Waals surface area contributed by atoms with Crippen LogP contribution in [0.25, 0.3) is 0 Å². The molecule has 0 bridgehead atoms. The number of amides is 1. The van der Waals surface area contributed by atoms with Crippen LogP contribution >= 0.6 is 0 Å². The molecule has 1 aliphatic rings. The minimum atomic E-state index is -0.0876. The normalized spacial score (nSPS) is 14.1. The molecule has 0 saturated carbocycles. The highest BCUT2D eigenvalue weighted by molar-refractivity contribution is 5.92. The average molecular weight is 369 g/mol. The molecule has 0 unspecified atom stereocenters. The summed E-state index contributed by atoms with van der Waals surface area (Å²) in [7, 11) is 1.81. The van der Waals surface area contributed by atoms with Crippen LogP contribution in [0, 0.1) is 0 Å². The fourth-order valence-electron chi connectivity index (χ4n) is 3.01. The van der Waals surface area contributed by atoms with Gasteiger partial charge in [0.15, 0.2) is 0 Å². The standard InChI is InChI=1S/C20H27N5O2/c1-3-4-11-24(2)19(26)17-9-10-21-20(23-17)22-16-7-5-6-8-18(16)25-12-14-27-15-13-25/h5-10H,3-4,11-15H2,1-2H3,(H,21,22,23). The van der Waals surface area contributed by atoms with E-state index in [2.05, 4.69) is 33.2 Å². The van der Waals surface area contributed by atoms with E-state index < -0.39 is 0 Å². The summed E-state index contributed by atoms with van der Waals surface area (Å²) in [5.41, 5.74) is 2.40. The topological polar surface area (TPSA) is 70.6 Å². The molecule has 1 saturated heterocycles. The summed E-state index contributed by atoms with van der Waals surface area (Å²) in [5.74, 6) is 0.334. The van der Waals surface area contributed by atoms with E-state index in [9.17, 15) is 4.79 Å². The molecule has 0 aliphatic carbocycles. The number of carbonyl (C=O) groups is 1. The van der Waals surface area contributed by atoms with E-state index in [4.69, 9.17) is 4.74 Å². The Kier molecular flexibility index (Phi) is 6.59. The van der Waals surface area contributed by atoms with Crippen molar-refractivity contribution in [2.75, 3.05) is 50.1 Å². The number of aromatic nitrogens is 2. The summed E-state index contributed by atoms with van der Waals surface area (Å²) >= 11 is 0. The van der Waals surface area contributed by atoms with Crippen molar-refractivity contribution < 1.29 is 9.53 Å². The number of nitrogens with zero attached hydrogens (tertiary/aromatic N) is 4. The Balaban J connectivity index is 1.76. The van der Waals surface area contributed by atoms with E-state index in [-0.39, 0.29) is 5.91 Å². The number of benzene rings is 1. The molecule has 2 heterocycles. The number of morpholine rings is 1. The first-order valence-electron chi connectivity index (χ1n) is 9.46. The maximum atomic E-state index is 12.6. The second kappa shape index (κ2) is 9.32. The molecule has 2 aromatic rings. The molecule has 144 valence electrons. The predicted molar refractivity (Wildman–Crippen MR) is 107 cm³/mol. The Morgan fingerprint density at radius 2 is 2.04 bits per heavy atom. The Hall–Kier alpha value is -2.67. The van der Waals surface area contributed by atoms with Crippen molar-refractivity contribution in [3.8, 4) is 0 Å². The largest absolute Gasteiger partial charge is 0.378 e.